The Morgan fingerprint density at radius 3 is 2.30 bits per heavy atom. The maximum atomic E-state index is 6.76. The van der Waals surface area contributed by atoms with Crippen LogP contribution in [0.1, 0.15) is 56.2 Å². The van der Waals surface area contributed by atoms with Crippen LogP contribution in [-0.4, -0.2) is 7.11 Å². The minimum absolute atomic E-state index is 0.213. The predicted molar refractivity (Wildman–Crippen MR) is 85.1 cm³/mol. The van der Waals surface area contributed by atoms with Gasteiger partial charge in [0.05, 0.1) is 7.11 Å². The number of hydrogen-bond donors (Lipinski definition) is 1. The molecule has 1 aromatic rings. The van der Waals surface area contributed by atoms with E-state index in [1.165, 1.54) is 29.5 Å². The standard InChI is InChI=1S/C18H29NO/c1-12(2)15-8-10-18(19,11-9-15)16-7-6-13(3)14(4)17(16)20-5/h6-7,12,15H,8-11,19H2,1-5H3. The van der Waals surface area contributed by atoms with Gasteiger partial charge in [0.2, 0.25) is 0 Å². The smallest absolute Gasteiger partial charge is 0.127 e. The zero-order valence-corrected chi connectivity index (χ0v) is 13.6. The van der Waals surface area contributed by atoms with Crippen LogP contribution in [0.5, 0.6) is 5.75 Å². The first-order valence-electron chi connectivity index (χ1n) is 7.82. The average Bonchev–Trinajstić information content (AvgIpc) is 2.42. The van der Waals surface area contributed by atoms with Crippen molar-refractivity contribution in [2.45, 2.75) is 58.9 Å². The van der Waals surface area contributed by atoms with Crippen LogP contribution in [0.25, 0.3) is 0 Å². The Kier molecular flexibility index (Phi) is 4.43. The van der Waals surface area contributed by atoms with Crippen LogP contribution in [0.3, 0.4) is 0 Å². The summed E-state index contributed by atoms with van der Waals surface area (Å²) in [5.41, 5.74) is 10.2. The molecule has 0 heterocycles. The molecule has 1 aliphatic carbocycles. The van der Waals surface area contributed by atoms with Crippen LogP contribution in [0.15, 0.2) is 12.1 Å². The Bertz CT molecular complexity index is 471. The van der Waals surface area contributed by atoms with Crippen molar-refractivity contribution < 1.29 is 4.74 Å². The van der Waals surface area contributed by atoms with Gasteiger partial charge in [0, 0.05) is 11.1 Å². The summed E-state index contributed by atoms with van der Waals surface area (Å²) in [4.78, 5) is 0. The number of aryl methyl sites for hydroxylation is 1. The number of hydrogen-bond acceptors (Lipinski definition) is 2. The molecular formula is C18H29NO. The molecule has 1 saturated carbocycles. The first-order valence-corrected chi connectivity index (χ1v) is 7.82. The Hall–Kier alpha value is -1.02. The molecule has 0 saturated heterocycles. The minimum Gasteiger partial charge on any atom is -0.496 e. The van der Waals surface area contributed by atoms with E-state index in [0.717, 1.165) is 30.4 Å². The lowest BCUT2D eigenvalue weighted by atomic mass is 9.70. The zero-order chi connectivity index (χ0) is 14.9. The third-order valence-corrected chi connectivity index (χ3v) is 5.28. The number of benzene rings is 1. The topological polar surface area (TPSA) is 35.2 Å². The fourth-order valence-corrected chi connectivity index (χ4v) is 3.54. The van der Waals surface area contributed by atoms with Gasteiger partial charge in [-0.15, -0.1) is 0 Å². The lowest BCUT2D eigenvalue weighted by Gasteiger charge is -2.40. The lowest BCUT2D eigenvalue weighted by Crippen LogP contribution is -2.41. The fraction of sp³-hybridized carbons (Fsp3) is 0.667. The Labute approximate surface area is 123 Å². The molecule has 0 amide bonds. The second-order valence-corrected chi connectivity index (χ2v) is 6.83. The highest BCUT2D eigenvalue weighted by molar-refractivity contribution is 5.48. The molecule has 2 rings (SSSR count). The summed E-state index contributed by atoms with van der Waals surface area (Å²) in [6, 6.07) is 4.35. The van der Waals surface area contributed by atoms with Gasteiger partial charge in [-0.2, -0.15) is 0 Å². The van der Waals surface area contributed by atoms with Crippen molar-refractivity contribution in [1.29, 1.82) is 0 Å². The molecule has 2 nitrogen and oxygen atoms in total. The highest BCUT2D eigenvalue weighted by atomic mass is 16.5. The van der Waals surface area contributed by atoms with Gasteiger partial charge in [-0.05, 0) is 62.5 Å². The molecule has 0 unspecified atom stereocenters. The largest absolute Gasteiger partial charge is 0.496 e. The maximum Gasteiger partial charge on any atom is 0.127 e. The molecule has 0 bridgehead atoms. The molecule has 0 atom stereocenters. The molecule has 1 aliphatic rings. The molecule has 1 fully saturated rings. The first kappa shape index (κ1) is 15.4. The van der Waals surface area contributed by atoms with Crippen LogP contribution >= 0.6 is 0 Å². The number of ether oxygens (including phenoxy) is 1. The minimum atomic E-state index is -0.213. The van der Waals surface area contributed by atoms with Gasteiger partial charge in [-0.1, -0.05) is 26.0 Å². The third kappa shape index (κ3) is 2.71. The van der Waals surface area contributed by atoms with Gasteiger partial charge in [0.15, 0.2) is 0 Å². The van der Waals surface area contributed by atoms with E-state index >= 15 is 0 Å². The van der Waals surface area contributed by atoms with Crippen molar-refractivity contribution in [1.82, 2.24) is 0 Å². The average molecular weight is 275 g/mol. The molecule has 112 valence electrons. The van der Waals surface area contributed by atoms with Crippen molar-refractivity contribution >= 4 is 0 Å². The summed E-state index contributed by atoms with van der Waals surface area (Å²) in [6.45, 7) is 8.90. The summed E-state index contributed by atoms with van der Waals surface area (Å²) in [5.74, 6) is 2.58. The SMILES string of the molecule is COc1c(C2(N)CCC(C(C)C)CC2)ccc(C)c1C. The summed E-state index contributed by atoms with van der Waals surface area (Å²) >= 11 is 0. The highest BCUT2D eigenvalue weighted by Gasteiger charge is 2.36. The molecule has 2 heteroatoms. The maximum absolute atomic E-state index is 6.76. The Morgan fingerprint density at radius 1 is 1.20 bits per heavy atom. The first-order chi connectivity index (χ1) is 9.39. The van der Waals surface area contributed by atoms with Gasteiger partial charge in [0.1, 0.15) is 5.75 Å². The molecule has 0 spiro atoms. The van der Waals surface area contributed by atoms with Crippen molar-refractivity contribution in [2.75, 3.05) is 7.11 Å². The van der Waals surface area contributed by atoms with E-state index in [-0.39, 0.29) is 5.54 Å². The highest BCUT2D eigenvalue weighted by Crippen LogP contribution is 2.44. The van der Waals surface area contributed by atoms with E-state index in [2.05, 4.69) is 39.8 Å². The Balaban J connectivity index is 2.30. The van der Waals surface area contributed by atoms with E-state index in [9.17, 15) is 0 Å². The molecule has 0 radical (unpaired) electrons. The predicted octanol–water partition coefficient (Wildman–Crippen LogP) is 4.31. The molecule has 2 N–H and O–H groups in total. The van der Waals surface area contributed by atoms with Crippen LogP contribution in [0.4, 0.5) is 0 Å². The van der Waals surface area contributed by atoms with E-state index < -0.39 is 0 Å². The summed E-state index contributed by atoms with van der Waals surface area (Å²) < 4.78 is 5.67. The van der Waals surface area contributed by atoms with Crippen LogP contribution in [-0.2, 0) is 5.54 Å². The summed E-state index contributed by atoms with van der Waals surface area (Å²) in [6.07, 6.45) is 4.58. The number of nitrogens with two attached hydrogens (primary N) is 1. The quantitative estimate of drug-likeness (QED) is 0.892. The normalized spacial score (nSPS) is 26.9. The van der Waals surface area contributed by atoms with Crippen LogP contribution in [0, 0.1) is 25.7 Å². The zero-order valence-electron chi connectivity index (χ0n) is 13.6. The van der Waals surface area contributed by atoms with E-state index in [1.54, 1.807) is 7.11 Å². The van der Waals surface area contributed by atoms with Gasteiger partial charge < -0.3 is 10.5 Å². The van der Waals surface area contributed by atoms with Crippen LogP contribution in [0.2, 0.25) is 0 Å². The third-order valence-electron chi connectivity index (χ3n) is 5.28. The van der Waals surface area contributed by atoms with Crippen molar-refractivity contribution in [2.24, 2.45) is 17.6 Å². The molecular weight excluding hydrogens is 246 g/mol. The van der Waals surface area contributed by atoms with Gasteiger partial charge in [0.25, 0.3) is 0 Å². The van der Waals surface area contributed by atoms with Crippen molar-refractivity contribution in [3.63, 3.8) is 0 Å². The monoisotopic (exact) mass is 275 g/mol. The van der Waals surface area contributed by atoms with E-state index in [1.807, 2.05) is 0 Å². The second-order valence-electron chi connectivity index (χ2n) is 6.83. The van der Waals surface area contributed by atoms with E-state index in [0.29, 0.717) is 0 Å². The van der Waals surface area contributed by atoms with E-state index in [4.69, 9.17) is 10.5 Å². The molecule has 0 aliphatic heterocycles. The number of methoxy groups -OCH3 is 1. The van der Waals surface area contributed by atoms with Crippen molar-refractivity contribution in [3.05, 3.63) is 28.8 Å². The van der Waals surface area contributed by atoms with Gasteiger partial charge in [-0.3, -0.25) is 0 Å². The lowest BCUT2D eigenvalue weighted by molar-refractivity contribution is 0.192. The summed E-state index contributed by atoms with van der Waals surface area (Å²) in [7, 11) is 1.76. The molecule has 0 aromatic heterocycles. The molecule has 20 heavy (non-hydrogen) atoms. The fourth-order valence-electron chi connectivity index (χ4n) is 3.54. The number of rotatable bonds is 3. The van der Waals surface area contributed by atoms with Crippen LogP contribution < -0.4 is 10.5 Å². The molecule has 1 aromatic carbocycles. The van der Waals surface area contributed by atoms with Gasteiger partial charge in [-0.25, -0.2) is 0 Å². The van der Waals surface area contributed by atoms with Gasteiger partial charge >= 0.3 is 0 Å². The second kappa shape index (κ2) is 5.77. The summed E-state index contributed by atoms with van der Waals surface area (Å²) in [5, 5.41) is 0. The van der Waals surface area contributed by atoms with Crippen molar-refractivity contribution in [3.8, 4) is 5.75 Å². The Morgan fingerprint density at radius 2 is 1.80 bits per heavy atom.